The fourth-order valence-electron chi connectivity index (χ4n) is 5.82. The third-order valence-corrected chi connectivity index (χ3v) is 8.62. The van der Waals surface area contributed by atoms with Crippen LogP contribution in [0.5, 0.6) is 5.88 Å². The Bertz CT molecular complexity index is 1950. The van der Waals surface area contributed by atoms with Gasteiger partial charge in [0.1, 0.15) is 34.5 Å². The van der Waals surface area contributed by atoms with E-state index < -0.39 is 57.8 Å². The largest absolute Gasteiger partial charge is 0.609 e. The highest BCUT2D eigenvalue weighted by Crippen LogP contribution is 2.46. The standard InChI is InChI=1S/C30H30F4N8O3S/c1-14-12-18-17(13-37-42(18)19-9-5-6-11-45-19)20(22(14)30(32,33)34)24-23(31)25-21(28(39-24)44-3)27(41-29(40-25)46(4)43)38-15(2)16-8-7-10-36-26(16)35/h7-8,10,12-13,15,19H,5-6,9,11H2,1-4H3,(H2,35,36)(H,38,40,41)/t15-,19?,46?/m1/s1. The van der Waals surface area contributed by atoms with E-state index in [1.54, 1.807) is 19.1 Å². The molecule has 0 bridgehead atoms. The van der Waals surface area contributed by atoms with E-state index in [0.717, 1.165) is 12.8 Å². The van der Waals surface area contributed by atoms with Gasteiger partial charge in [0.25, 0.3) is 0 Å². The van der Waals surface area contributed by atoms with Gasteiger partial charge in [-0.15, -0.1) is 0 Å². The second-order valence-electron chi connectivity index (χ2n) is 10.9. The minimum atomic E-state index is -4.89. The van der Waals surface area contributed by atoms with Crippen LogP contribution in [0.1, 0.15) is 55.1 Å². The maximum Gasteiger partial charge on any atom is 0.417 e. The van der Waals surface area contributed by atoms with Gasteiger partial charge in [0.05, 0.1) is 30.4 Å². The molecule has 1 aliphatic heterocycles. The number of halogens is 4. The number of nitrogens with one attached hydrogen (secondary N) is 1. The zero-order chi connectivity index (χ0) is 32.9. The summed E-state index contributed by atoms with van der Waals surface area (Å²) in [7, 11) is 1.25. The Morgan fingerprint density at radius 2 is 2.02 bits per heavy atom. The van der Waals surface area contributed by atoms with Gasteiger partial charge >= 0.3 is 11.3 Å². The quantitative estimate of drug-likeness (QED) is 0.119. The van der Waals surface area contributed by atoms with Crippen molar-refractivity contribution in [2.24, 2.45) is 0 Å². The minimum Gasteiger partial charge on any atom is -0.609 e. The molecule has 16 heteroatoms. The Kier molecular flexibility index (Phi) is 8.37. The number of rotatable bonds is 7. The highest BCUT2D eigenvalue weighted by atomic mass is 32.2. The van der Waals surface area contributed by atoms with Crippen molar-refractivity contribution in [1.82, 2.24) is 29.7 Å². The molecule has 1 fully saturated rings. The summed E-state index contributed by atoms with van der Waals surface area (Å²) in [5.74, 6) is -1.20. The molecular formula is C30H30F4N8O3S. The number of ether oxygens (including phenoxy) is 2. The zero-order valence-corrected chi connectivity index (χ0v) is 26.1. The van der Waals surface area contributed by atoms with Gasteiger partial charge in [0, 0.05) is 40.5 Å². The summed E-state index contributed by atoms with van der Waals surface area (Å²) in [4.78, 5) is 16.9. The number of methoxy groups -OCH3 is 1. The lowest BCUT2D eigenvalue weighted by atomic mass is 9.94. The molecule has 0 spiro atoms. The molecule has 0 radical (unpaired) electrons. The minimum absolute atomic E-state index is 0.00606. The monoisotopic (exact) mass is 658 g/mol. The number of nitrogens with zero attached hydrogens (tertiary/aromatic N) is 6. The molecule has 242 valence electrons. The summed E-state index contributed by atoms with van der Waals surface area (Å²) in [6, 6.07) is 4.25. The molecule has 11 nitrogen and oxygen atoms in total. The summed E-state index contributed by atoms with van der Waals surface area (Å²) in [6.07, 6.45) is 1.06. The lowest BCUT2D eigenvalue weighted by molar-refractivity contribution is -0.137. The Morgan fingerprint density at radius 3 is 2.67 bits per heavy atom. The van der Waals surface area contributed by atoms with Crippen LogP contribution in [-0.2, 0) is 22.1 Å². The maximum absolute atomic E-state index is 16.8. The van der Waals surface area contributed by atoms with Gasteiger partial charge in [-0.3, -0.25) is 0 Å². The van der Waals surface area contributed by atoms with Crippen molar-refractivity contribution in [3.8, 4) is 17.1 Å². The molecule has 46 heavy (non-hydrogen) atoms. The van der Waals surface area contributed by atoms with E-state index in [1.165, 1.54) is 43.4 Å². The molecule has 3 atom stereocenters. The van der Waals surface area contributed by atoms with Gasteiger partial charge in [-0.05, 0) is 50.8 Å². The fourth-order valence-corrected chi connectivity index (χ4v) is 6.26. The Balaban J connectivity index is 1.63. The number of fused-ring (bicyclic) bond motifs is 2. The summed E-state index contributed by atoms with van der Waals surface area (Å²) < 4.78 is 86.6. The van der Waals surface area contributed by atoms with Crippen LogP contribution < -0.4 is 15.8 Å². The Labute approximate surface area is 263 Å². The van der Waals surface area contributed by atoms with E-state index >= 15 is 4.39 Å². The van der Waals surface area contributed by atoms with Crippen LogP contribution in [0.2, 0.25) is 0 Å². The molecule has 4 aromatic heterocycles. The fraction of sp³-hybridized carbons (Fsp3) is 0.367. The van der Waals surface area contributed by atoms with Gasteiger partial charge in [-0.1, -0.05) is 6.07 Å². The van der Waals surface area contributed by atoms with Gasteiger partial charge in [0.2, 0.25) is 5.88 Å². The number of hydrogen-bond donors (Lipinski definition) is 2. The van der Waals surface area contributed by atoms with Crippen molar-refractivity contribution < 1.29 is 31.6 Å². The first-order valence-corrected chi connectivity index (χ1v) is 15.9. The third kappa shape index (κ3) is 5.54. The van der Waals surface area contributed by atoms with Crippen LogP contribution in [-0.4, -0.2) is 54.2 Å². The number of nitrogen functional groups attached to an aromatic ring is 1. The van der Waals surface area contributed by atoms with Crippen LogP contribution in [0.25, 0.3) is 33.1 Å². The second-order valence-corrected chi connectivity index (χ2v) is 12.2. The van der Waals surface area contributed by atoms with Gasteiger partial charge < -0.3 is 25.1 Å². The lowest BCUT2D eigenvalue weighted by Gasteiger charge is -2.24. The number of aryl methyl sites for hydroxylation is 1. The Morgan fingerprint density at radius 1 is 1.24 bits per heavy atom. The molecule has 1 saturated heterocycles. The van der Waals surface area contributed by atoms with Gasteiger partial charge in [0.15, 0.2) is 12.0 Å². The molecular weight excluding hydrogens is 628 g/mol. The first-order valence-electron chi connectivity index (χ1n) is 14.4. The first kappa shape index (κ1) is 31.7. The van der Waals surface area contributed by atoms with E-state index in [-0.39, 0.29) is 39.0 Å². The molecule has 0 amide bonds. The summed E-state index contributed by atoms with van der Waals surface area (Å²) in [5.41, 5.74) is 4.13. The second kappa shape index (κ2) is 12.1. The predicted octanol–water partition coefficient (Wildman–Crippen LogP) is 6.10. The zero-order valence-electron chi connectivity index (χ0n) is 25.3. The first-order chi connectivity index (χ1) is 21.9. The topological polar surface area (TPSA) is 149 Å². The number of aromatic nitrogens is 6. The van der Waals surface area contributed by atoms with E-state index in [1.807, 2.05) is 0 Å². The maximum atomic E-state index is 16.8. The normalized spacial score (nSPS) is 16.9. The lowest BCUT2D eigenvalue weighted by Crippen LogP contribution is -2.19. The summed E-state index contributed by atoms with van der Waals surface area (Å²) in [5, 5.41) is 7.19. The number of alkyl halides is 3. The number of benzene rings is 1. The average molecular weight is 659 g/mol. The van der Waals surface area contributed by atoms with Crippen LogP contribution in [0, 0.1) is 12.7 Å². The van der Waals surface area contributed by atoms with Crippen molar-refractivity contribution in [2.45, 2.75) is 56.7 Å². The number of nitrogens with two attached hydrogens (primary N) is 1. The van der Waals surface area contributed by atoms with Crippen molar-refractivity contribution in [2.75, 3.05) is 31.0 Å². The summed E-state index contributed by atoms with van der Waals surface area (Å²) in [6.45, 7) is 3.54. The smallest absolute Gasteiger partial charge is 0.417 e. The number of anilines is 2. The predicted molar refractivity (Wildman–Crippen MR) is 164 cm³/mol. The highest BCUT2D eigenvalue weighted by molar-refractivity contribution is 7.90. The van der Waals surface area contributed by atoms with Gasteiger partial charge in [-0.25, -0.2) is 19.0 Å². The number of pyridine rings is 2. The summed E-state index contributed by atoms with van der Waals surface area (Å²) >= 11 is -1.81. The van der Waals surface area contributed by atoms with Gasteiger partial charge in [-0.2, -0.15) is 28.2 Å². The molecule has 5 aromatic rings. The highest BCUT2D eigenvalue weighted by Gasteiger charge is 2.39. The van der Waals surface area contributed by atoms with Crippen molar-refractivity contribution in [3.05, 3.63) is 53.1 Å². The van der Waals surface area contributed by atoms with E-state index in [4.69, 9.17) is 15.2 Å². The molecule has 5 heterocycles. The Hall–Kier alpha value is -4.28. The molecule has 0 aliphatic carbocycles. The van der Waals surface area contributed by atoms with Crippen LogP contribution in [0.4, 0.5) is 29.2 Å². The van der Waals surface area contributed by atoms with Crippen molar-refractivity contribution in [3.63, 3.8) is 0 Å². The SMILES string of the molecule is COc1nc(-c2c(C(F)(F)F)c(C)cc3c2cnn3C2CCCCO2)c(F)c2nc([S+](C)[O-])nc(N[C@H](C)c3cccnc3N)c12. The molecule has 6 rings (SSSR count). The molecule has 0 saturated carbocycles. The molecule has 3 N–H and O–H groups in total. The molecule has 1 aromatic carbocycles. The van der Waals surface area contributed by atoms with Crippen LogP contribution in [0.15, 0.2) is 35.7 Å². The molecule has 2 unspecified atom stereocenters. The van der Waals surface area contributed by atoms with Crippen molar-refractivity contribution in [1.29, 1.82) is 0 Å². The van der Waals surface area contributed by atoms with Crippen molar-refractivity contribution >= 4 is 44.6 Å². The van der Waals surface area contributed by atoms with E-state index in [9.17, 15) is 17.7 Å². The molecule has 1 aliphatic rings. The van der Waals surface area contributed by atoms with Crippen LogP contribution >= 0.6 is 0 Å². The average Bonchev–Trinajstić information content (AvgIpc) is 3.44. The van der Waals surface area contributed by atoms with E-state index in [2.05, 4.69) is 30.4 Å². The van der Waals surface area contributed by atoms with Crippen LogP contribution in [0.3, 0.4) is 0 Å². The third-order valence-electron chi connectivity index (χ3n) is 7.92. The van der Waals surface area contributed by atoms with E-state index in [0.29, 0.717) is 24.1 Å². The number of hydrogen-bond acceptors (Lipinski definition) is 10.